The number of aliphatic imine (C=N–C) groups is 1. The van der Waals surface area contributed by atoms with Gasteiger partial charge in [0, 0.05) is 20.1 Å². The molecular formula is C32H40N4O6. The number of nitrogens with two attached hydrogens (primary N) is 2. The second-order valence-electron chi connectivity index (χ2n) is 10.1. The molecule has 0 radical (unpaired) electrons. The molecule has 1 amide bonds. The van der Waals surface area contributed by atoms with Crippen molar-refractivity contribution >= 4 is 11.9 Å². The molecule has 5 atom stereocenters. The summed E-state index contributed by atoms with van der Waals surface area (Å²) in [6, 6.07) is 27.2. The van der Waals surface area contributed by atoms with Gasteiger partial charge in [0.2, 0.25) is 5.91 Å². The molecule has 3 aromatic carbocycles. The summed E-state index contributed by atoms with van der Waals surface area (Å²) in [5.74, 6) is -0.281. The standard InChI is InChI=1S/C32H40N4O6/c1-39-30-28(36-27(37)13-8-18-35-32(33)34)31(41-20-22-9-4-2-5-10-22)42-26(29(30)38)21-40-19-23-14-16-25(17-15-23)24-11-6-3-7-12-24/h2-7,9-12,14-17,26,28-31,38H,8,13,18-21H2,1H3,(H,36,37)(H4,33,34,35)/t26-,28-,29-,30-,31?/m1/s1. The maximum Gasteiger partial charge on any atom is 0.220 e. The summed E-state index contributed by atoms with van der Waals surface area (Å²) in [4.78, 5) is 16.7. The number of guanidine groups is 1. The van der Waals surface area contributed by atoms with Crippen molar-refractivity contribution in [2.24, 2.45) is 16.5 Å². The molecule has 1 saturated heterocycles. The second kappa shape index (κ2) is 16.0. The molecule has 0 bridgehead atoms. The Morgan fingerprint density at radius 3 is 2.24 bits per heavy atom. The molecule has 1 aliphatic rings. The second-order valence-corrected chi connectivity index (χ2v) is 10.1. The summed E-state index contributed by atoms with van der Waals surface area (Å²) in [7, 11) is 1.48. The van der Waals surface area contributed by atoms with Gasteiger partial charge in [-0.2, -0.15) is 0 Å². The number of hydrogen-bond acceptors (Lipinski definition) is 7. The normalized spacial score (nSPS) is 21.9. The highest BCUT2D eigenvalue weighted by Crippen LogP contribution is 2.26. The van der Waals surface area contributed by atoms with Gasteiger partial charge in [0.25, 0.3) is 0 Å². The fraction of sp³-hybridized carbons (Fsp3) is 0.375. The molecule has 1 aliphatic heterocycles. The van der Waals surface area contributed by atoms with E-state index < -0.39 is 30.6 Å². The molecular weight excluding hydrogens is 536 g/mol. The molecule has 6 N–H and O–H groups in total. The molecule has 3 aromatic rings. The van der Waals surface area contributed by atoms with Crippen molar-refractivity contribution in [3.8, 4) is 11.1 Å². The van der Waals surface area contributed by atoms with Crippen molar-refractivity contribution in [2.45, 2.75) is 56.7 Å². The van der Waals surface area contributed by atoms with E-state index in [-0.39, 0.29) is 31.5 Å². The number of amides is 1. The van der Waals surface area contributed by atoms with Crippen LogP contribution in [0.3, 0.4) is 0 Å². The molecule has 42 heavy (non-hydrogen) atoms. The van der Waals surface area contributed by atoms with E-state index in [2.05, 4.69) is 34.6 Å². The summed E-state index contributed by atoms with van der Waals surface area (Å²) >= 11 is 0. The van der Waals surface area contributed by atoms with Crippen LogP contribution in [0.4, 0.5) is 0 Å². The molecule has 1 fully saturated rings. The van der Waals surface area contributed by atoms with Crippen molar-refractivity contribution in [2.75, 3.05) is 20.3 Å². The van der Waals surface area contributed by atoms with Gasteiger partial charge in [-0.3, -0.25) is 9.79 Å². The SMILES string of the molecule is CO[C@H]1[C@H](O)[C@@H](COCc2ccc(-c3ccccc3)cc2)OC(OCc2ccccc2)[C@@H]1NC(=O)CCCN=C(N)N. The van der Waals surface area contributed by atoms with Crippen molar-refractivity contribution in [3.63, 3.8) is 0 Å². The number of rotatable bonds is 14. The van der Waals surface area contributed by atoms with Crippen LogP contribution in [0.5, 0.6) is 0 Å². The minimum absolute atomic E-state index is 0.0227. The summed E-state index contributed by atoms with van der Waals surface area (Å²) < 4.78 is 24.0. The predicted octanol–water partition coefficient (Wildman–Crippen LogP) is 2.73. The smallest absolute Gasteiger partial charge is 0.220 e. The minimum atomic E-state index is -1.07. The topological polar surface area (TPSA) is 151 Å². The lowest BCUT2D eigenvalue weighted by atomic mass is 9.96. The van der Waals surface area contributed by atoms with Gasteiger partial charge < -0.3 is 40.8 Å². The first kappa shape index (κ1) is 31.1. The van der Waals surface area contributed by atoms with E-state index in [0.717, 1.165) is 22.3 Å². The molecule has 10 nitrogen and oxygen atoms in total. The molecule has 224 valence electrons. The third kappa shape index (κ3) is 9.10. The van der Waals surface area contributed by atoms with Gasteiger partial charge in [-0.05, 0) is 28.7 Å². The van der Waals surface area contributed by atoms with Crippen LogP contribution in [0.15, 0.2) is 89.9 Å². The molecule has 4 rings (SSSR count). The van der Waals surface area contributed by atoms with Crippen LogP contribution < -0.4 is 16.8 Å². The third-order valence-corrected chi connectivity index (χ3v) is 7.00. The Morgan fingerprint density at radius 2 is 1.57 bits per heavy atom. The Kier molecular flexibility index (Phi) is 11.9. The first-order chi connectivity index (χ1) is 20.4. The number of nitrogens with zero attached hydrogens (tertiary/aromatic N) is 1. The Labute approximate surface area is 246 Å². The summed E-state index contributed by atoms with van der Waals surface area (Å²) in [5.41, 5.74) is 14.9. The fourth-order valence-electron chi connectivity index (χ4n) is 4.81. The Bertz CT molecular complexity index is 1260. The van der Waals surface area contributed by atoms with Crippen LogP contribution in [0.25, 0.3) is 11.1 Å². The average Bonchev–Trinajstić information content (AvgIpc) is 3.01. The van der Waals surface area contributed by atoms with Crippen LogP contribution in [0.1, 0.15) is 24.0 Å². The lowest BCUT2D eigenvalue weighted by molar-refractivity contribution is -0.279. The third-order valence-electron chi connectivity index (χ3n) is 7.00. The molecule has 1 heterocycles. The predicted molar refractivity (Wildman–Crippen MR) is 160 cm³/mol. The summed E-state index contributed by atoms with van der Waals surface area (Å²) in [5, 5.41) is 14.1. The highest BCUT2D eigenvalue weighted by Gasteiger charge is 2.47. The van der Waals surface area contributed by atoms with E-state index >= 15 is 0 Å². The van der Waals surface area contributed by atoms with Crippen LogP contribution in [0, 0.1) is 0 Å². The number of carbonyl (C=O) groups excluding carboxylic acids is 1. The molecule has 0 aliphatic carbocycles. The van der Waals surface area contributed by atoms with E-state index in [1.54, 1.807) is 0 Å². The van der Waals surface area contributed by atoms with Crippen LogP contribution >= 0.6 is 0 Å². The number of ether oxygens (including phenoxy) is 4. The van der Waals surface area contributed by atoms with Gasteiger partial charge in [0.05, 0.1) is 19.8 Å². The zero-order valence-corrected chi connectivity index (χ0v) is 23.8. The first-order valence-electron chi connectivity index (χ1n) is 14.0. The number of aliphatic hydroxyl groups is 1. The quantitative estimate of drug-likeness (QED) is 0.130. The molecule has 0 aromatic heterocycles. The van der Waals surface area contributed by atoms with Crippen molar-refractivity contribution in [3.05, 3.63) is 96.1 Å². The van der Waals surface area contributed by atoms with Gasteiger partial charge >= 0.3 is 0 Å². The highest BCUT2D eigenvalue weighted by atomic mass is 16.7. The number of methoxy groups -OCH3 is 1. The largest absolute Gasteiger partial charge is 0.388 e. The van der Waals surface area contributed by atoms with Gasteiger partial charge in [-0.15, -0.1) is 0 Å². The average molecular weight is 577 g/mol. The van der Waals surface area contributed by atoms with Gasteiger partial charge in [-0.1, -0.05) is 84.9 Å². The van der Waals surface area contributed by atoms with Crippen molar-refractivity contribution in [1.29, 1.82) is 0 Å². The fourth-order valence-corrected chi connectivity index (χ4v) is 4.81. The molecule has 1 unspecified atom stereocenters. The van der Waals surface area contributed by atoms with E-state index in [9.17, 15) is 9.90 Å². The maximum atomic E-state index is 12.8. The summed E-state index contributed by atoms with van der Waals surface area (Å²) in [6.45, 7) is 1.02. The zero-order valence-electron chi connectivity index (χ0n) is 23.8. The van der Waals surface area contributed by atoms with Gasteiger partial charge in [0.1, 0.15) is 24.4 Å². The van der Waals surface area contributed by atoms with E-state index in [1.165, 1.54) is 7.11 Å². The van der Waals surface area contributed by atoms with Crippen LogP contribution in [0.2, 0.25) is 0 Å². The first-order valence-corrected chi connectivity index (χ1v) is 14.0. The zero-order chi connectivity index (χ0) is 29.7. The van der Waals surface area contributed by atoms with E-state index in [4.69, 9.17) is 30.4 Å². The lowest BCUT2D eigenvalue weighted by Gasteiger charge is -2.44. The minimum Gasteiger partial charge on any atom is -0.388 e. The molecule has 0 spiro atoms. The molecule has 10 heteroatoms. The monoisotopic (exact) mass is 576 g/mol. The van der Waals surface area contributed by atoms with Crippen molar-refractivity contribution in [1.82, 2.24) is 5.32 Å². The van der Waals surface area contributed by atoms with E-state index in [0.29, 0.717) is 19.6 Å². The highest BCUT2D eigenvalue weighted by molar-refractivity contribution is 5.77. The number of nitrogens with one attached hydrogen (secondary N) is 1. The summed E-state index contributed by atoms with van der Waals surface area (Å²) in [6.07, 6.45) is -2.86. The maximum absolute atomic E-state index is 12.8. The number of hydrogen-bond donors (Lipinski definition) is 4. The Hall–Kier alpha value is -3.80. The number of aliphatic hydroxyl groups excluding tert-OH is 1. The van der Waals surface area contributed by atoms with Crippen LogP contribution in [-0.4, -0.2) is 67.9 Å². The van der Waals surface area contributed by atoms with Gasteiger partial charge in [-0.25, -0.2) is 0 Å². The Morgan fingerprint density at radius 1 is 0.929 bits per heavy atom. The van der Waals surface area contributed by atoms with E-state index in [1.807, 2.05) is 60.7 Å². The number of benzene rings is 3. The van der Waals surface area contributed by atoms with Gasteiger partial charge in [0.15, 0.2) is 12.2 Å². The van der Waals surface area contributed by atoms with Crippen LogP contribution in [-0.2, 0) is 37.0 Å². The number of carbonyl (C=O) groups is 1. The lowest BCUT2D eigenvalue weighted by Crippen LogP contribution is -2.65. The van der Waals surface area contributed by atoms with Crippen molar-refractivity contribution < 1.29 is 28.8 Å². The Balaban J connectivity index is 1.38. The molecule has 0 saturated carbocycles.